The Kier molecular flexibility index (Phi) is 5.41. The van der Waals surface area contributed by atoms with Gasteiger partial charge in [0.25, 0.3) is 0 Å². The van der Waals surface area contributed by atoms with Crippen molar-refractivity contribution in [1.29, 1.82) is 0 Å². The Bertz CT molecular complexity index is 353. The second-order valence-electron chi connectivity index (χ2n) is 6.33. The molecule has 0 aliphatic carbocycles. The zero-order valence-electron chi connectivity index (χ0n) is 12.5. The highest BCUT2D eigenvalue weighted by Gasteiger charge is 2.19. The molecular formula is C17H28N2. The van der Waals surface area contributed by atoms with E-state index in [1.807, 2.05) is 0 Å². The summed E-state index contributed by atoms with van der Waals surface area (Å²) in [5, 5.41) is 3.62. The predicted octanol–water partition coefficient (Wildman–Crippen LogP) is 3.04. The molecule has 19 heavy (non-hydrogen) atoms. The van der Waals surface area contributed by atoms with Gasteiger partial charge in [-0.2, -0.15) is 0 Å². The van der Waals surface area contributed by atoms with Crippen LogP contribution in [0.5, 0.6) is 0 Å². The summed E-state index contributed by atoms with van der Waals surface area (Å²) >= 11 is 0. The Labute approximate surface area is 118 Å². The second kappa shape index (κ2) is 7.06. The van der Waals surface area contributed by atoms with Gasteiger partial charge in [0, 0.05) is 12.0 Å². The predicted molar refractivity (Wildman–Crippen MR) is 82.6 cm³/mol. The summed E-state index contributed by atoms with van der Waals surface area (Å²) in [5.74, 6) is 0. The molecule has 1 aromatic carbocycles. The first kappa shape index (κ1) is 14.5. The van der Waals surface area contributed by atoms with Crippen molar-refractivity contribution in [3.63, 3.8) is 0 Å². The van der Waals surface area contributed by atoms with E-state index in [1.165, 1.54) is 44.5 Å². The summed E-state index contributed by atoms with van der Waals surface area (Å²) < 4.78 is 0. The van der Waals surface area contributed by atoms with Crippen molar-refractivity contribution in [2.45, 2.75) is 38.5 Å². The number of rotatable bonds is 7. The molecule has 1 heterocycles. The monoisotopic (exact) mass is 260 g/mol. The van der Waals surface area contributed by atoms with Crippen molar-refractivity contribution in [1.82, 2.24) is 10.2 Å². The van der Waals surface area contributed by atoms with Gasteiger partial charge in [-0.15, -0.1) is 0 Å². The van der Waals surface area contributed by atoms with Crippen molar-refractivity contribution in [3.05, 3.63) is 35.9 Å². The molecule has 0 radical (unpaired) electrons. The highest BCUT2D eigenvalue weighted by molar-refractivity contribution is 5.23. The average Bonchev–Trinajstić information content (AvgIpc) is 2.92. The molecule has 2 heteroatoms. The molecule has 0 spiro atoms. The van der Waals surface area contributed by atoms with Crippen molar-refractivity contribution >= 4 is 0 Å². The zero-order chi connectivity index (χ0) is 13.6. The fraction of sp³-hybridized carbons (Fsp3) is 0.647. The molecule has 1 fully saturated rings. The van der Waals surface area contributed by atoms with Gasteiger partial charge in [0.1, 0.15) is 0 Å². The number of likely N-dealkylation sites (tertiary alicyclic amines) is 1. The van der Waals surface area contributed by atoms with E-state index in [9.17, 15) is 0 Å². The second-order valence-corrected chi connectivity index (χ2v) is 6.33. The summed E-state index contributed by atoms with van der Waals surface area (Å²) in [5.41, 5.74) is 1.64. The van der Waals surface area contributed by atoms with Gasteiger partial charge in [0.15, 0.2) is 0 Å². The van der Waals surface area contributed by atoms with Crippen LogP contribution in [0.25, 0.3) is 0 Å². The van der Waals surface area contributed by atoms with E-state index in [-0.39, 0.29) is 5.41 Å². The van der Waals surface area contributed by atoms with Gasteiger partial charge in [0.2, 0.25) is 0 Å². The lowest BCUT2D eigenvalue weighted by Gasteiger charge is -2.26. The molecule has 0 saturated carbocycles. The normalized spacial score (nSPS) is 16.9. The Balaban J connectivity index is 1.64. The third-order valence-corrected chi connectivity index (χ3v) is 4.15. The van der Waals surface area contributed by atoms with Crippen LogP contribution in [0.3, 0.4) is 0 Å². The third-order valence-electron chi connectivity index (χ3n) is 4.15. The van der Waals surface area contributed by atoms with E-state index in [4.69, 9.17) is 0 Å². The number of benzene rings is 1. The van der Waals surface area contributed by atoms with Gasteiger partial charge < -0.3 is 10.2 Å². The first-order valence-electron chi connectivity index (χ1n) is 7.67. The quantitative estimate of drug-likeness (QED) is 0.758. The maximum absolute atomic E-state index is 3.62. The summed E-state index contributed by atoms with van der Waals surface area (Å²) in [6.07, 6.45) is 4.06. The fourth-order valence-electron chi connectivity index (χ4n) is 2.83. The Morgan fingerprint density at radius 2 is 1.79 bits per heavy atom. The van der Waals surface area contributed by atoms with E-state index in [0.717, 1.165) is 13.1 Å². The summed E-state index contributed by atoms with van der Waals surface area (Å²) in [4.78, 5) is 2.59. The standard InChI is InChI=1S/C17H28N2/c1-17(2,16-9-4-3-5-10-16)15-18-11-8-14-19-12-6-7-13-19/h3-5,9-10,18H,6-8,11-15H2,1-2H3. The van der Waals surface area contributed by atoms with Crippen LogP contribution in [0, 0.1) is 0 Å². The number of hydrogen-bond donors (Lipinski definition) is 1. The maximum Gasteiger partial charge on any atom is 0.00431 e. The van der Waals surface area contributed by atoms with Crippen LogP contribution in [0.2, 0.25) is 0 Å². The molecule has 1 aliphatic heterocycles. The zero-order valence-corrected chi connectivity index (χ0v) is 12.5. The van der Waals surface area contributed by atoms with Crippen LogP contribution in [-0.2, 0) is 5.41 Å². The van der Waals surface area contributed by atoms with E-state index >= 15 is 0 Å². The first-order chi connectivity index (χ1) is 9.18. The van der Waals surface area contributed by atoms with E-state index in [0.29, 0.717) is 0 Å². The minimum absolute atomic E-state index is 0.217. The maximum atomic E-state index is 3.62. The van der Waals surface area contributed by atoms with Crippen molar-refractivity contribution < 1.29 is 0 Å². The van der Waals surface area contributed by atoms with Gasteiger partial charge in [-0.05, 0) is 51.0 Å². The molecule has 2 nitrogen and oxygen atoms in total. The van der Waals surface area contributed by atoms with E-state index < -0.39 is 0 Å². The van der Waals surface area contributed by atoms with Gasteiger partial charge in [-0.1, -0.05) is 44.2 Å². The Hall–Kier alpha value is -0.860. The summed E-state index contributed by atoms with van der Waals surface area (Å²) in [6, 6.07) is 10.8. The summed E-state index contributed by atoms with van der Waals surface area (Å²) in [6.45, 7) is 10.7. The number of nitrogens with one attached hydrogen (secondary N) is 1. The van der Waals surface area contributed by atoms with Gasteiger partial charge in [-0.25, -0.2) is 0 Å². The molecule has 0 aromatic heterocycles. The van der Waals surface area contributed by atoms with Crippen molar-refractivity contribution in [2.75, 3.05) is 32.7 Å². The lowest BCUT2D eigenvalue weighted by molar-refractivity contribution is 0.328. The minimum Gasteiger partial charge on any atom is -0.316 e. The van der Waals surface area contributed by atoms with Gasteiger partial charge >= 0.3 is 0 Å². The largest absolute Gasteiger partial charge is 0.316 e. The molecule has 2 rings (SSSR count). The van der Waals surface area contributed by atoms with Crippen LogP contribution < -0.4 is 5.32 Å². The smallest absolute Gasteiger partial charge is 0.00431 e. The molecule has 1 saturated heterocycles. The highest BCUT2D eigenvalue weighted by Crippen LogP contribution is 2.21. The van der Waals surface area contributed by atoms with Crippen molar-refractivity contribution in [2.24, 2.45) is 0 Å². The van der Waals surface area contributed by atoms with Crippen molar-refractivity contribution in [3.8, 4) is 0 Å². The summed E-state index contributed by atoms with van der Waals surface area (Å²) in [7, 11) is 0. The van der Waals surface area contributed by atoms with Crippen LogP contribution in [0.4, 0.5) is 0 Å². The average molecular weight is 260 g/mol. The lowest BCUT2D eigenvalue weighted by Crippen LogP contribution is -2.34. The Morgan fingerprint density at radius 1 is 1.11 bits per heavy atom. The molecule has 0 amide bonds. The van der Waals surface area contributed by atoms with Crippen LogP contribution in [-0.4, -0.2) is 37.6 Å². The topological polar surface area (TPSA) is 15.3 Å². The van der Waals surface area contributed by atoms with E-state index in [2.05, 4.69) is 54.4 Å². The molecule has 1 aliphatic rings. The molecule has 1 aromatic rings. The SMILES string of the molecule is CC(C)(CNCCCN1CCCC1)c1ccccc1. The van der Waals surface area contributed by atoms with Gasteiger partial charge in [-0.3, -0.25) is 0 Å². The molecule has 0 atom stereocenters. The lowest BCUT2D eigenvalue weighted by atomic mass is 9.84. The molecule has 106 valence electrons. The molecule has 1 N–H and O–H groups in total. The van der Waals surface area contributed by atoms with Crippen LogP contribution >= 0.6 is 0 Å². The van der Waals surface area contributed by atoms with Crippen LogP contribution in [0.15, 0.2) is 30.3 Å². The van der Waals surface area contributed by atoms with E-state index in [1.54, 1.807) is 0 Å². The van der Waals surface area contributed by atoms with Crippen LogP contribution in [0.1, 0.15) is 38.7 Å². The third kappa shape index (κ3) is 4.63. The Morgan fingerprint density at radius 3 is 2.47 bits per heavy atom. The first-order valence-corrected chi connectivity index (χ1v) is 7.67. The number of nitrogens with zero attached hydrogens (tertiary/aromatic N) is 1. The molecular weight excluding hydrogens is 232 g/mol. The molecule has 0 unspecified atom stereocenters. The minimum atomic E-state index is 0.217. The highest BCUT2D eigenvalue weighted by atomic mass is 15.1. The number of hydrogen-bond acceptors (Lipinski definition) is 2. The fourth-order valence-corrected chi connectivity index (χ4v) is 2.83. The van der Waals surface area contributed by atoms with Gasteiger partial charge in [0.05, 0.1) is 0 Å². The molecule has 0 bridgehead atoms.